The van der Waals surface area contributed by atoms with Crippen LogP contribution in [0.15, 0.2) is 98.8 Å². The highest BCUT2D eigenvalue weighted by molar-refractivity contribution is 5.63. The van der Waals surface area contributed by atoms with E-state index >= 15 is 0 Å². The predicted octanol–water partition coefficient (Wildman–Crippen LogP) is 3.21. The Morgan fingerprint density at radius 2 is 1.62 bits per heavy atom. The molecule has 5 nitrogen and oxygen atoms in total. The molecule has 0 spiro atoms. The van der Waals surface area contributed by atoms with Crippen molar-refractivity contribution in [1.82, 2.24) is 9.38 Å². The van der Waals surface area contributed by atoms with Gasteiger partial charge in [0.15, 0.2) is 0 Å². The first-order valence-electron chi connectivity index (χ1n) is 9.18. The second-order valence-corrected chi connectivity index (χ2v) is 6.54. The summed E-state index contributed by atoms with van der Waals surface area (Å²) >= 11 is 0. The highest BCUT2D eigenvalue weighted by Crippen LogP contribution is 2.17. The second kappa shape index (κ2) is 7.13. The van der Waals surface area contributed by atoms with Crippen molar-refractivity contribution < 1.29 is 8.83 Å². The van der Waals surface area contributed by atoms with E-state index in [-0.39, 0.29) is 5.84 Å². The third-order valence-electron chi connectivity index (χ3n) is 4.58. The molecule has 0 bridgehead atoms. The first kappa shape index (κ1) is 17.0. The Bertz CT molecular complexity index is 1450. The van der Waals surface area contributed by atoms with Crippen molar-refractivity contribution in [2.24, 2.45) is 0 Å². The van der Waals surface area contributed by atoms with Crippen molar-refractivity contribution >= 4 is 18.0 Å². The van der Waals surface area contributed by atoms with Gasteiger partial charge >= 0.3 is 11.5 Å². The summed E-state index contributed by atoms with van der Waals surface area (Å²) in [6.45, 7) is 0. The van der Waals surface area contributed by atoms with Crippen LogP contribution >= 0.6 is 0 Å². The van der Waals surface area contributed by atoms with E-state index in [0.29, 0.717) is 16.5 Å². The van der Waals surface area contributed by atoms with Crippen LogP contribution in [-0.4, -0.2) is 9.38 Å². The summed E-state index contributed by atoms with van der Waals surface area (Å²) in [6, 6.07) is 25.1. The van der Waals surface area contributed by atoms with Crippen molar-refractivity contribution in [3.63, 3.8) is 0 Å². The molecular weight excluding hydrogens is 364 g/mol. The van der Waals surface area contributed by atoms with Gasteiger partial charge in [-0.1, -0.05) is 60.7 Å². The average molecular weight is 380 g/mol. The second-order valence-electron chi connectivity index (χ2n) is 6.54. The third kappa shape index (κ3) is 3.30. The molecule has 2 aromatic carbocycles. The summed E-state index contributed by atoms with van der Waals surface area (Å²) in [6.07, 6.45) is 5.22. The van der Waals surface area contributed by atoms with Gasteiger partial charge in [-0.3, -0.25) is 4.40 Å². The van der Waals surface area contributed by atoms with Gasteiger partial charge in [-0.25, -0.2) is 4.79 Å². The van der Waals surface area contributed by atoms with Gasteiger partial charge in [-0.15, -0.1) is 0 Å². The Labute approximate surface area is 165 Å². The molecule has 0 fully saturated rings. The van der Waals surface area contributed by atoms with Crippen LogP contribution in [0.25, 0.3) is 29.3 Å². The Morgan fingerprint density at radius 1 is 0.862 bits per heavy atom. The zero-order chi connectivity index (χ0) is 19.6. The SMILES string of the molecule is O=c1oc2n/c(=C/c3ccco3)cc(-c3ccccc3)n2/c1=C/c1ccccc1. The number of oxazole rings is 1. The lowest BCUT2D eigenvalue weighted by Gasteiger charge is -2.05. The van der Waals surface area contributed by atoms with E-state index in [1.165, 1.54) is 0 Å². The molecule has 0 saturated carbocycles. The number of furan rings is 1. The van der Waals surface area contributed by atoms with E-state index in [0.717, 1.165) is 16.8 Å². The number of hydrogen-bond acceptors (Lipinski definition) is 4. The van der Waals surface area contributed by atoms with Crippen LogP contribution < -0.4 is 16.3 Å². The fraction of sp³-hybridized carbons (Fsp3) is 0. The first-order chi connectivity index (χ1) is 14.3. The molecule has 5 aromatic rings. The Balaban J connectivity index is 1.87. The number of rotatable bonds is 3. The van der Waals surface area contributed by atoms with E-state index in [4.69, 9.17) is 8.83 Å². The Hall–Kier alpha value is -4.12. The summed E-state index contributed by atoms with van der Waals surface area (Å²) in [7, 11) is 0. The van der Waals surface area contributed by atoms with Crippen LogP contribution in [0.3, 0.4) is 0 Å². The van der Waals surface area contributed by atoms with Crippen LogP contribution in [-0.2, 0) is 0 Å². The summed E-state index contributed by atoms with van der Waals surface area (Å²) in [5.41, 5.74) is 2.22. The molecule has 29 heavy (non-hydrogen) atoms. The number of aromatic nitrogens is 2. The molecule has 0 aliphatic heterocycles. The molecule has 0 unspecified atom stereocenters. The van der Waals surface area contributed by atoms with Gasteiger partial charge in [0.05, 0.1) is 17.3 Å². The van der Waals surface area contributed by atoms with Crippen molar-refractivity contribution in [1.29, 1.82) is 0 Å². The maximum atomic E-state index is 12.7. The molecule has 3 heterocycles. The lowest BCUT2D eigenvalue weighted by molar-refractivity contribution is 0.551. The molecule has 5 heteroatoms. The molecular formula is C24H16N2O3. The zero-order valence-electron chi connectivity index (χ0n) is 15.4. The first-order valence-corrected chi connectivity index (χ1v) is 9.18. The normalized spacial score (nSPS) is 12.7. The molecule has 0 amide bonds. The molecule has 5 rings (SSSR count). The van der Waals surface area contributed by atoms with Gasteiger partial charge < -0.3 is 8.83 Å². The van der Waals surface area contributed by atoms with Crippen LogP contribution in [0.4, 0.5) is 0 Å². The van der Waals surface area contributed by atoms with Crippen LogP contribution in [0.2, 0.25) is 0 Å². The largest absolute Gasteiger partial charge is 0.465 e. The summed E-state index contributed by atoms with van der Waals surface area (Å²) < 4.78 is 12.7. The average Bonchev–Trinajstić information content (AvgIpc) is 3.37. The molecule has 3 aromatic heterocycles. The maximum Gasteiger partial charge on any atom is 0.363 e. The Morgan fingerprint density at radius 3 is 2.34 bits per heavy atom. The van der Waals surface area contributed by atoms with E-state index in [2.05, 4.69) is 4.98 Å². The molecule has 0 saturated heterocycles. The number of hydrogen-bond donors (Lipinski definition) is 0. The lowest BCUT2D eigenvalue weighted by atomic mass is 10.1. The highest BCUT2D eigenvalue weighted by Gasteiger charge is 2.12. The van der Waals surface area contributed by atoms with Gasteiger partial charge in [0.2, 0.25) is 0 Å². The van der Waals surface area contributed by atoms with E-state index in [1.54, 1.807) is 16.7 Å². The molecule has 0 radical (unpaired) electrons. The quantitative estimate of drug-likeness (QED) is 0.482. The van der Waals surface area contributed by atoms with Crippen molar-refractivity contribution in [2.75, 3.05) is 0 Å². The van der Waals surface area contributed by atoms with Gasteiger partial charge in [-0.2, -0.15) is 4.98 Å². The molecule has 0 aliphatic carbocycles. The van der Waals surface area contributed by atoms with E-state index < -0.39 is 5.63 Å². The summed E-state index contributed by atoms with van der Waals surface area (Å²) in [5, 5.41) is 1.06. The van der Waals surface area contributed by atoms with Gasteiger partial charge in [0.25, 0.3) is 0 Å². The number of nitrogens with zero attached hydrogens (tertiary/aromatic N) is 2. The van der Waals surface area contributed by atoms with Gasteiger partial charge in [0, 0.05) is 6.08 Å². The van der Waals surface area contributed by atoms with Gasteiger partial charge in [-0.05, 0) is 35.4 Å². The summed E-state index contributed by atoms with van der Waals surface area (Å²) in [5.74, 6) is 0.905. The van der Waals surface area contributed by atoms with Crippen LogP contribution in [0.1, 0.15) is 11.3 Å². The van der Waals surface area contributed by atoms with E-state index in [9.17, 15) is 4.79 Å². The smallest absolute Gasteiger partial charge is 0.363 e. The minimum absolute atomic E-state index is 0.233. The fourth-order valence-corrected chi connectivity index (χ4v) is 3.27. The predicted molar refractivity (Wildman–Crippen MR) is 111 cm³/mol. The Kier molecular flexibility index (Phi) is 4.18. The van der Waals surface area contributed by atoms with E-state index in [1.807, 2.05) is 84.9 Å². The maximum absolute atomic E-state index is 12.7. The zero-order valence-corrected chi connectivity index (χ0v) is 15.4. The highest BCUT2D eigenvalue weighted by atomic mass is 16.4. The van der Waals surface area contributed by atoms with Crippen LogP contribution in [0, 0.1) is 0 Å². The summed E-state index contributed by atoms with van der Waals surface area (Å²) in [4.78, 5) is 17.2. The molecule has 0 N–H and O–H groups in total. The number of benzene rings is 2. The molecule has 0 aliphatic rings. The minimum atomic E-state index is -0.436. The van der Waals surface area contributed by atoms with Crippen molar-refractivity contribution in [3.8, 4) is 11.3 Å². The molecule has 0 atom stereocenters. The lowest BCUT2D eigenvalue weighted by Crippen LogP contribution is -2.26. The topological polar surface area (TPSA) is 60.7 Å². The standard InChI is InChI=1S/C24H16N2O3/c27-23-22(14-17-8-3-1-4-9-17)26-21(18-10-5-2-6-11-18)16-19(25-24(26)29-23)15-20-12-7-13-28-20/h1-16H/b19-15+,22-14+. The van der Waals surface area contributed by atoms with Crippen molar-refractivity contribution in [2.45, 2.75) is 0 Å². The third-order valence-corrected chi connectivity index (χ3v) is 4.58. The van der Waals surface area contributed by atoms with Crippen molar-refractivity contribution in [3.05, 3.63) is 118 Å². The minimum Gasteiger partial charge on any atom is -0.465 e. The number of fused-ring (bicyclic) bond motifs is 1. The molecule has 140 valence electrons. The van der Waals surface area contributed by atoms with Gasteiger partial charge in [0.1, 0.15) is 11.1 Å². The van der Waals surface area contributed by atoms with Crippen LogP contribution in [0.5, 0.6) is 0 Å². The monoisotopic (exact) mass is 380 g/mol. The fourth-order valence-electron chi connectivity index (χ4n) is 3.27.